The third kappa shape index (κ3) is 6.45. The fourth-order valence-electron chi connectivity index (χ4n) is 3.79. The van der Waals surface area contributed by atoms with Gasteiger partial charge in [0.15, 0.2) is 0 Å². The molecule has 0 radical (unpaired) electrons. The van der Waals surface area contributed by atoms with E-state index < -0.39 is 18.2 Å². The van der Waals surface area contributed by atoms with Gasteiger partial charge in [-0.25, -0.2) is 0 Å². The molecule has 28 heavy (non-hydrogen) atoms. The number of hydrogen-bond donors (Lipinski definition) is 3. The third-order valence-electron chi connectivity index (χ3n) is 6.47. The van der Waals surface area contributed by atoms with Crippen LogP contribution in [0.3, 0.4) is 0 Å². The van der Waals surface area contributed by atoms with Crippen molar-refractivity contribution in [1.29, 1.82) is 0 Å². The summed E-state index contributed by atoms with van der Waals surface area (Å²) in [4.78, 5) is 27.1. The van der Waals surface area contributed by atoms with Crippen LogP contribution >= 0.6 is 0 Å². The van der Waals surface area contributed by atoms with Gasteiger partial charge in [-0.05, 0) is 30.6 Å². The number of nitrogens with zero attached hydrogens (tertiary/aromatic N) is 1. The first-order valence-corrected chi connectivity index (χ1v) is 11.0. The molecule has 1 aliphatic rings. The second-order valence-electron chi connectivity index (χ2n) is 9.26. The molecule has 0 aliphatic carbocycles. The summed E-state index contributed by atoms with van der Waals surface area (Å²) in [7, 11) is 0. The Morgan fingerprint density at radius 2 is 1.68 bits per heavy atom. The number of carbonyl (C=O) groups excluding carboxylic acids is 2. The lowest BCUT2D eigenvalue weighted by atomic mass is 9.90. The fourth-order valence-corrected chi connectivity index (χ4v) is 3.79. The van der Waals surface area contributed by atoms with Gasteiger partial charge in [0.1, 0.15) is 0 Å². The average molecular weight is 399 g/mol. The maximum atomic E-state index is 12.9. The molecule has 1 fully saturated rings. The molecule has 3 N–H and O–H groups in total. The van der Waals surface area contributed by atoms with Crippen molar-refractivity contribution in [2.24, 2.45) is 23.7 Å². The summed E-state index contributed by atoms with van der Waals surface area (Å²) < 4.78 is 0. The van der Waals surface area contributed by atoms with Crippen LogP contribution in [0.4, 0.5) is 0 Å². The van der Waals surface area contributed by atoms with E-state index in [1.165, 1.54) is 0 Å². The Balaban J connectivity index is 2.82. The summed E-state index contributed by atoms with van der Waals surface area (Å²) in [6, 6.07) is -0.643. The van der Waals surface area contributed by atoms with Crippen molar-refractivity contribution in [2.45, 2.75) is 98.4 Å². The van der Waals surface area contributed by atoms with Crippen LogP contribution in [0.15, 0.2) is 0 Å². The number of aliphatic hydroxyl groups excluding tert-OH is 2. The summed E-state index contributed by atoms with van der Waals surface area (Å²) >= 11 is 0. The van der Waals surface area contributed by atoms with Crippen molar-refractivity contribution >= 4 is 11.8 Å². The highest BCUT2D eigenvalue weighted by atomic mass is 16.3. The van der Waals surface area contributed by atoms with E-state index in [0.717, 1.165) is 19.3 Å². The number of likely N-dealkylation sites (tertiary alicyclic amines) is 1. The molecule has 6 unspecified atom stereocenters. The van der Waals surface area contributed by atoms with Gasteiger partial charge in [0, 0.05) is 12.5 Å². The molecule has 6 heteroatoms. The normalized spacial score (nSPS) is 22.8. The van der Waals surface area contributed by atoms with Crippen LogP contribution in [-0.2, 0) is 9.59 Å². The lowest BCUT2D eigenvalue weighted by Gasteiger charge is -2.34. The van der Waals surface area contributed by atoms with E-state index in [-0.39, 0.29) is 47.9 Å². The van der Waals surface area contributed by atoms with Crippen molar-refractivity contribution in [2.75, 3.05) is 6.54 Å². The van der Waals surface area contributed by atoms with Crippen molar-refractivity contribution in [3.8, 4) is 0 Å². The predicted octanol–water partition coefficient (Wildman–Crippen LogP) is 2.57. The maximum absolute atomic E-state index is 12.9. The average Bonchev–Trinajstić information content (AvgIpc) is 3.13. The summed E-state index contributed by atoms with van der Waals surface area (Å²) in [6.07, 6.45) is 0.924. The predicted molar refractivity (Wildman–Crippen MR) is 112 cm³/mol. The van der Waals surface area contributed by atoms with E-state index in [1.807, 2.05) is 48.5 Å². The first-order valence-electron chi connectivity index (χ1n) is 11.0. The third-order valence-corrected chi connectivity index (χ3v) is 6.47. The highest BCUT2D eigenvalue weighted by molar-refractivity contribution is 5.80. The van der Waals surface area contributed by atoms with E-state index in [2.05, 4.69) is 5.32 Å². The van der Waals surface area contributed by atoms with E-state index in [9.17, 15) is 19.8 Å². The van der Waals surface area contributed by atoms with Crippen molar-refractivity contribution in [1.82, 2.24) is 10.2 Å². The Morgan fingerprint density at radius 3 is 2.18 bits per heavy atom. The van der Waals surface area contributed by atoms with Crippen molar-refractivity contribution in [3.05, 3.63) is 0 Å². The first-order chi connectivity index (χ1) is 13.0. The smallest absolute Gasteiger partial charge is 0.225 e. The molecule has 1 aliphatic heterocycles. The Bertz CT molecular complexity index is 509. The standard InChI is InChI=1S/C22H42N2O4/c1-8-15(6)20(23-22(28)16(7)13(2)3)18(25)12-19(26)24-11-9-10-17(24)21(27)14(4)5/h13-18,20-21,25,27H,8-12H2,1-7H3,(H,23,28). The second kappa shape index (κ2) is 11.1. The maximum Gasteiger partial charge on any atom is 0.225 e. The number of amides is 2. The Morgan fingerprint density at radius 1 is 1.07 bits per heavy atom. The molecule has 0 spiro atoms. The number of rotatable bonds is 10. The van der Waals surface area contributed by atoms with E-state index in [0.29, 0.717) is 6.54 Å². The lowest BCUT2D eigenvalue weighted by molar-refractivity contribution is -0.138. The number of hydrogen-bond acceptors (Lipinski definition) is 4. The number of carbonyl (C=O) groups is 2. The van der Waals surface area contributed by atoms with Crippen molar-refractivity contribution < 1.29 is 19.8 Å². The fraction of sp³-hybridized carbons (Fsp3) is 0.909. The monoisotopic (exact) mass is 398 g/mol. The van der Waals surface area contributed by atoms with Gasteiger partial charge in [0.05, 0.1) is 30.7 Å². The van der Waals surface area contributed by atoms with Crippen LogP contribution < -0.4 is 5.32 Å². The zero-order valence-corrected chi connectivity index (χ0v) is 18.8. The first kappa shape index (κ1) is 24.9. The summed E-state index contributed by atoms with van der Waals surface area (Å²) in [6.45, 7) is 14.4. The van der Waals surface area contributed by atoms with Crippen molar-refractivity contribution in [3.63, 3.8) is 0 Å². The molecule has 0 aromatic rings. The minimum atomic E-state index is -0.941. The quantitative estimate of drug-likeness (QED) is 0.528. The zero-order chi connectivity index (χ0) is 21.6. The highest BCUT2D eigenvalue weighted by Gasteiger charge is 2.37. The number of aliphatic hydroxyl groups is 2. The van der Waals surface area contributed by atoms with Gasteiger partial charge >= 0.3 is 0 Å². The minimum Gasteiger partial charge on any atom is -0.391 e. The Hall–Kier alpha value is -1.14. The van der Waals surface area contributed by atoms with Crippen LogP contribution in [0.25, 0.3) is 0 Å². The summed E-state index contributed by atoms with van der Waals surface area (Å²) in [5.41, 5.74) is 0. The van der Waals surface area contributed by atoms with Gasteiger partial charge in [-0.1, -0.05) is 54.9 Å². The van der Waals surface area contributed by atoms with Crippen LogP contribution in [0.1, 0.15) is 74.1 Å². The molecule has 0 saturated carbocycles. The molecule has 2 amide bonds. The van der Waals surface area contributed by atoms with E-state index in [1.54, 1.807) is 4.90 Å². The molecule has 0 bridgehead atoms. The van der Waals surface area contributed by atoms with Gasteiger partial charge in [0.25, 0.3) is 0 Å². The SMILES string of the molecule is CCC(C)C(NC(=O)C(C)C(C)C)C(O)CC(=O)N1CCCC1C(O)C(C)C. The molecule has 1 saturated heterocycles. The molecule has 6 nitrogen and oxygen atoms in total. The van der Waals surface area contributed by atoms with Crippen LogP contribution in [0, 0.1) is 23.7 Å². The van der Waals surface area contributed by atoms with Gasteiger partial charge in [-0.2, -0.15) is 0 Å². The van der Waals surface area contributed by atoms with Crippen LogP contribution in [0.5, 0.6) is 0 Å². The molecular weight excluding hydrogens is 356 g/mol. The summed E-state index contributed by atoms with van der Waals surface area (Å²) in [5.74, 6) is -0.0391. The molecule has 6 atom stereocenters. The van der Waals surface area contributed by atoms with Gasteiger partial charge < -0.3 is 20.4 Å². The lowest BCUT2D eigenvalue weighted by Crippen LogP contribution is -2.52. The Labute approximate surface area is 171 Å². The zero-order valence-electron chi connectivity index (χ0n) is 18.8. The Kier molecular flexibility index (Phi) is 9.91. The number of nitrogens with one attached hydrogen (secondary N) is 1. The van der Waals surface area contributed by atoms with Gasteiger partial charge in [-0.3, -0.25) is 9.59 Å². The largest absolute Gasteiger partial charge is 0.391 e. The second-order valence-corrected chi connectivity index (χ2v) is 9.26. The highest BCUT2D eigenvalue weighted by Crippen LogP contribution is 2.26. The molecule has 0 aromatic heterocycles. The summed E-state index contributed by atoms with van der Waals surface area (Å²) in [5, 5.41) is 24.2. The van der Waals surface area contributed by atoms with Gasteiger partial charge in [0.2, 0.25) is 11.8 Å². The topological polar surface area (TPSA) is 89.9 Å². The molecule has 0 aromatic carbocycles. The van der Waals surface area contributed by atoms with Gasteiger partial charge in [-0.15, -0.1) is 0 Å². The van der Waals surface area contributed by atoms with Crippen LogP contribution in [0.2, 0.25) is 0 Å². The molecule has 1 heterocycles. The van der Waals surface area contributed by atoms with E-state index in [4.69, 9.17) is 0 Å². The molecular formula is C22H42N2O4. The minimum absolute atomic E-state index is 0.0351. The molecule has 1 rings (SSSR count). The molecule has 164 valence electrons. The van der Waals surface area contributed by atoms with E-state index >= 15 is 0 Å². The van der Waals surface area contributed by atoms with Crippen LogP contribution in [-0.4, -0.2) is 57.8 Å².